The number of aryl methyl sites for hydroxylation is 1. The van der Waals surface area contributed by atoms with Gasteiger partial charge in [-0.3, -0.25) is 4.79 Å². The van der Waals surface area contributed by atoms with Crippen LogP contribution in [0.5, 0.6) is 0 Å². The quantitative estimate of drug-likeness (QED) is 0.719. The van der Waals surface area contributed by atoms with Gasteiger partial charge in [-0.25, -0.2) is 0 Å². The average Bonchev–Trinajstić information content (AvgIpc) is 2.77. The standard InChI is InChI=1S/C12H19NO2S/c1-2-10-6-7-11(16-10)12(15)13-8-4-3-5-9-14/h6-7,14H,2-5,8-9H2,1H3,(H,13,15). The van der Waals surface area contributed by atoms with Gasteiger partial charge < -0.3 is 10.4 Å². The molecule has 16 heavy (non-hydrogen) atoms. The Morgan fingerprint density at radius 1 is 1.38 bits per heavy atom. The first-order chi connectivity index (χ1) is 7.77. The third kappa shape index (κ3) is 4.33. The third-order valence-corrected chi connectivity index (χ3v) is 3.58. The fraction of sp³-hybridized carbons (Fsp3) is 0.583. The zero-order valence-electron chi connectivity index (χ0n) is 9.66. The minimum absolute atomic E-state index is 0.0219. The fourth-order valence-corrected chi connectivity index (χ4v) is 2.26. The third-order valence-electron chi connectivity index (χ3n) is 2.35. The van der Waals surface area contributed by atoms with Crippen LogP contribution < -0.4 is 5.32 Å². The SMILES string of the molecule is CCc1ccc(C(=O)NCCCCCO)s1. The Morgan fingerprint density at radius 3 is 2.81 bits per heavy atom. The predicted octanol–water partition coefficient (Wildman–Crippen LogP) is 2.20. The van der Waals surface area contributed by atoms with E-state index in [2.05, 4.69) is 12.2 Å². The molecule has 0 aliphatic carbocycles. The lowest BCUT2D eigenvalue weighted by Gasteiger charge is -2.02. The molecule has 0 aromatic carbocycles. The van der Waals surface area contributed by atoms with E-state index in [9.17, 15) is 4.79 Å². The molecule has 0 radical (unpaired) electrons. The van der Waals surface area contributed by atoms with Crippen molar-refractivity contribution in [2.75, 3.05) is 13.2 Å². The fourth-order valence-electron chi connectivity index (χ4n) is 1.39. The second kappa shape index (κ2) is 7.41. The van der Waals surface area contributed by atoms with E-state index in [1.54, 1.807) is 11.3 Å². The molecule has 3 nitrogen and oxygen atoms in total. The van der Waals surface area contributed by atoms with E-state index < -0.39 is 0 Å². The van der Waals surface area contributed by atoms with Crippen LogP contribution in [0.2, 0.25) is 0 Å². The van der Waals surface area contributed by atoms with Crippen molar-refractivity contribution in [1.82, 2.24) is 5.32 Å². The van der Waals surface area contributed by atoms with Crippen molar-refractivity contribution < 1.29 is 9.90 Å². The minimum atomic E-state index is 0.0219. The molecule has 0 aliphatic heterocycles. The number of hydrogen-bond acceptors (Lipinski definition) is 3. The Labute approximate surface area is 100 Å². The smallest absolute Gasteiger partial charge is 0.261 e. The lowest BCUT2D eigenvalue weighted by molar-refractivity contribution is 0.0957. The molecule has 0 saturated heterocycles. The summed E-state index contributed by atoms with van der Waals surface area (Å²) in [6, 6.07) is 3.89. The van der Waals surface area contributed by atoms with Crippen LogP contribution in [0.4, 0.5) is 0 Å². The highest BCUT2D eigenvalue weighted by Gasteiger charge is 2.07. The molecular weight excluding hydrogens is 222 g/mol. The number of hydrogen-bond donors (Lipinski definition) is 2. The van der Waals surface area contributed by atoms with Crippen molar-refractivity contribution in [2.45, 2.75) is 32.6 Å². The molecule has 0 fully saturated rings. The number of amides is 1. The molecule has 0 atom stereocenters. The molecule has 2 N–H and O–H groups in total. The van der Waals surface area contributed by atoms with Crippen molar-refractivity contribution in [2.24, 2.45) is 0 Å². The van der Waals surface area contributed by atoms with Gasteiger partial charge in [0, 0.05) is 18.0 Å². The molecule has 0 bridgehead atoms. The summed E-state index contributed by atoms with van der Waals surface area (Å²) in [5.41, 5.74) is 0. The number of nitrogens with one attached hydrogen (secondary N) is 1. The van der Waals surface area contributed by atoms with Gasteiger partial charge in [0.2, 0.25) is 0 Å². The molecule has 1 heterocycles. The molecule has 0 saturated carbocycles. The van der Waals surface area contributed by atoms with Gasteiger partial charge in [0.05, 0.1) is 4.88 Å². The maximum atomic E-state index is 11.7. The van der Waals surface area contributed by atoms with Gasteiger partial charge in [-0.1, -0.05) is 6.92 Å². The van der Waals surface area contributed by atoms with Gasteiger partial charge in [-0.15, -0.1) is 11.3 Å². The Morgan fingerprint density at radius 2 is 2.19 bits per heavy atom. The number of carbonyl (C=O) groups excluding carboxylic acids is 1. The van der Waals surface area contributed by atoms with Crippen LogP contribution in [0.25, 0.3) is 0 Å². The van der Waals surface area contributed by atoms with Gasteiger partial charge in [-0.2, -0.15) is 0 Å². The minimum Gasteiger partial charge on any atom is -0.396 e. The summed E-state index contributed by atoms with van der Waals surface area (Å²) in [4.78, 5) is 13.7. The first-order valence-electron chi connectivity index (χ1n) is 5.75. The molecular formula is C12H19NO2S. The van der Waals surface area contributed by atoms with E-state index in [4.69, 9.17) is 5.11 Å². The van der Waals surface area contributed by atoms with Crippen LogP contribution in [0.15, 0.2) is 12.1 Å². The molecule has 1 aromatic heterocycles. The maximum Gasteiger partial charge on any atom is 0.261 e. The first-order valence-corrected chi connectivity index (χ1v) is 6.57. The summed E-state index contributed by atoms with van der Waals surface area (Å²) < 4.78 is 0. The second-order valence-corrected chi connectivity index (χ2v) is 4.83. The average molecular weight is 241 g/mol. The molecule has 0 aliphatic rings. The van der Waals surface area contributed by atoms with Gasteiger partial charge in [0.25, 0.3) is 5.91 Å². The van der Waals surface area contributed by atoms with Crippen molar-refractivity contribution in [3.05, 3.63) is 21.9 Å². The van der Waals surface area contributed by atoms with Crippen LogP contribution in [-0.2, 0) is 6.42 Å². The second-order valence-electron chi connectivity index (χ2n) is 3.66. The van der Waals surface area contributed by atoms with E-state index in [0.717, 1.165) is 30.6 Å². The monoisotopic (exact) mass is 241 g/mol. The lowest BCUT2D eigenvalue weighted by atomic mass is 10.2. The molecule has 0 spiro atoms. The van der Waals surface area contributed by atoms with Crippen molar-refractivity contribution in [3.8, 4) is 0 Å². The number of aliphatic hydroxyl groups excluding tert-OH is 1. The van der Waals surface area contributed by atoms with Gasteiger partial charge in [0.15, 0.2) is 0 Å². The van der Waals surface area contributed by atoms with Crippen LogP contribution >= 0.6 is 11.3 Å². The van der Waals surface area contributed by atoms with Crippen LogP contribution in [0.3, 0.4) is 0 Å². The van der Waals surface area contributed by atoms with Crippen LogP contribution in [-0.4, -0.2) is 24.2 Å². The highest BCUT2D eigenvalue weighted by atomic mass is 32.1. The zero-order chi connectivity index (χ0) is 11.8. The van der Waals surface area contributed by atoms with E-state index in [-0.39, 0.29) is 12.5 Å². The summed E-state index contributed by atoms with van der Waals surface area (Å²) >= 11 is 1.56. The van der Waals surface area contributed by atoms with Crippen molar-refractivity contribution in [1.29, 1.82) is 0 Å². The molecule has 90 valence electrons. The van der Waals surface area contributed by atoms with E-state index in [1.165, 1.54) is 4.88 Å². The zero-order valence-corrected chi connectivity index (χ0v) is 10.5. The molecule has 0 unspecified atom stereocenters. The van der Waals surface area contributed by atoms with E-state index in [0.29, 0.717) is 6.54 Å². The Kier molecular flexibility index (Phi) is 6.11. The summed E-state index contributed by atoms with van der Waals surface area (Å²) in [7, 11) is 0. The summed E-state index contributed by atoms with van der Waals surface area (Å²) in [5, 5.41) is 11.5. The van der Waals surface area contributed by atoms with Crippen molar-refractivity contribution in [3.63, 3.8) is 0 Å². The van der Waals surface area contributed by atoms with Crippen LogP contribution in [0, 0.1) is 0 Å². The largest absolute Gasteiger partial charge is 0.396 e. The number of thiophene rings is 1. The Bertz CT molecular complexity index is 323. The molecule has 1 aromatic rings. The molecule has 1 rings (SSSR count). The molecule has 4 heteroatoms. The molecule has 1 amide bonds. The normalized spacial score (nSPS) is 10.4. The summed E-state index contributed by atoms with van der Waals surface area (Å²) in [5.74, 6) is 0.0219. The Balaban J connectivity index is 2.24. The lowest BCUT2D eigenvalue weighted by Crippen LogP contribution is -2.23. The number of rotatable bonds is 7. The number of aliphatic hydroxyl groups is 1. The van der Waals surface area contributed by atoms with E-state index in [1.807, 2.05) is 12.1 Å². The van der Waals surface area contributed by atoms with Gasteiger partial charge >= 0.3 is 0 Å². The topological polar surface area (TPSA) is 49.3 Å². The van der Waals surface area contributed by atoms with Crippen LogP contribution in [0.1, 0.15) is 40.7 Å². The number of unbranched alkanes of at least 4 members (excludes halogenated alkanes) is 2. The maximum absolute atomic E-state index is 11.7. The first kappa shape index (κ1) is 13.2. The summed E-state index contributed by atoms with van der Waals surface area (Å²) in [6.07, 6.45) is 3.68. The van der Waals surface area contributed by atoms with E-state index >= 15 is 0 Å². The van der Waals surface area contributed by atoms with Gasteiger partial charge in [-0.05, 0) is 37.8 Å². The highest BCUT2D eigenvalue weighted by Crippen LogP contribution is 2.16. The van der Waals surface area contributed by atoms with Crippen molar-refractivity contribution >= 4 is 17.2 Å². The summed E-state index contributed by atoms with van der Waals surface area (Å²) in [6.45, 7) is 3.01. The van der Waals surface area contributed by atoms with Gasteiger partial charge in [0.1, 0.15) is 0 Å². The Hall–Kier alpha value is -0.870. The highest BCUT2D eigenvalue weighted by molar-refractivity contribution is 7.14. The number of carbonyl (C=O) groups is 1. The predicted molar refractivity (Wildman–Crippen MR) is 67.0 cm³/mol.